The van der Waals surface area contributed by atoms with Crippen LogP contribution in [0.2, 0.25) is 0 Å². The number of benzene rings is 1. The Morgan fingerprint density at radius 3 is 2.50 bits per heavy atom. The second kappa shape index (κ2) is 6.34. The summed E-state index contributed by atoms with van der Waals surface area (Å²) in [5.74, 6) is -0.0165. The normalized spacial score (nSPS) is 28.2. The minimum Gasteiger partial charge on any atom is -0.320 e. The number of nitrogens with zero attached hydrogens (tertiary/aromatic N) is 3. The number of ether oxygens (including phenoxy) is 1. The van der Waals surface area contributed by atoms with E-state index in [9.17, 15) is 21.6 Å². The average Bonchev–Trinajstić information content (AvgIpc) is 3.12. The van der Waals surface area contributed by atoms with Gasteiger partial charge >= 0.3 is 6.61 Å². The molecule has 2 atom stereocenters. The van der Waals surface area contributed by atoms with Crippen molar-refractivity contribution < 1.29 is 26.3 Å². The van der Waals surface area contributed by atoms with Crippen molar-refractivity contribution in [3.63, 3.8) is 0 Å². The van der Waals surface area contributed by atoms with Crippen LogP contribution in [0.5, 0.6) is 0 Å². The molecule has 0 amide bonds. The van der Waals surface area contributed by atoms with E-state index < -0.39 is 45.2 Å². The minimum atomic E-state index is -3.91. The Kier molecular flexibility index (Phi) is 4.26. The molecule has 1 fully saturated rings. The summed E-state index contributed by atoms with van der Waals surface area (Å²) in [4.78, 5) is 3.91. The van der Waals surface area contributed by atoms with E-state index in [0.717, 1.165) is 5.56 Å². The van der Waals surface area contributed by atoms with Crippen molar-refractivity contribution in [3.05, 3.63) is 41.7 Å². The first kappa shape index (κ1) is 17.5. The number of aromatic nitrogens is 3. The zero-order valence-electron chi connectivity index (χ0n) is 13.5. The summed E-state index contributed by atoms with van der Waals surface area (Å²) in [5, 5.41) is 2.71. The molecule has 0 N–H and O–H groups in total. The Bertz CT molecular complexity index is 898. The van der Waals surface area contributed by atoms with Gasteiger partial charge in [-0.05, 0) is 18.4 Å². The molecule has 4 rings (SSSR count). The summed E-state index contributed by atoms with van der Waals surface area (Å²) >= 11 is 0. The van der Waals surface area contributed by atoms with Gasteiger partial charge in [0.1, 0.15) is 0 Å². The van der Waals surface area contributed by atoms with Crippen molar-refractivity contribution >= 4 is 9.84 Å². The molecule has 140 valence electrons. The first-order valence-corrected chi connectivity index (χ1v) is 9.74. The van der Waals surface area contributed by atoms with E-state index in [4.69, 9.17) is 0 Å². The van der Waals surface area contributed by atoms with Gasteiger partial charge in [-0.15, -0.1) is 5.10 Å². The van der Waals surface area contributed by atoms with Gasteiger partial charge in [-0.25, -0.2) is 17.5 Å². The molecule has 0 unspecified atom stereocenters. The summed E-state index contributed by atoms with van der Waals surface area (Å²) < 4.78 is 69.5. The van der Waals surface area contributed by atoms with E-state index in [0.29, 0.717) is 0 Å². The molecule has 0 radical (unpaired) electrons. The molecule has 1 aliphatic carbocycles. The second-order valence-electron chi connectivity index (χ2n) is 6.48. The van der Waals surface area contributed by atoms with Gasteiger partial charge in [-0.2, -0.15) is 13.8 Å². The minimum absolute atomic E-state index is 0.0165. The third-order valence-electron chi connectivity index (χ3n) is 4.87. The number of fused-ring (bicyclic) bond motifs is 1. The van der Waals surface area contributed by atoms with Gasteiger partial charge in [0.2, 0.25) is 9.84 Å². The standard InChI is InChI=1S/C16H16F3N3O3S/c17-12-8-13(9-4-2-1-3-5-9)22-14(12)20-16(21-22)26(23,24)11-6-10(7-11)25-15(18)19/h1-5,10-13,15H,6-8H2/t10-,11-,12-,13-/m0/s1. The zero-order chi connectivity index (χ0) is 18.5. The zero-order valence-corrected chi connectivity index (χ0v) is 14.3. The predicted molar refractivity (Wildman–Crippen MR) is 84.2 cm³/mol. The van der Waals surface area contributed by atoms with E-state index in [1.165, 1.54) is 4.68 Å². The van der Waals surface area contributed by atoms with Crippen molar-refractivity contribution in [1.29, 1.82) is 0 Å². The summed E-state index contributed by atoms with van der Waals surface area (Å²) in [6, 6.07) is 8.67. The molecule has 0 spiro atoms. The number of alkyl halides is 3. The van der Waals surface area contributed by atoms with E-state index >= 15 is 0 Å². The number of hydrogen-bond acceptors (Lipinski definition) is 5. The molecule has 0 bridgehead atoms. The molecule has 1 saturated carbocycles. The van der Waals surface area contributed by atoms with Gasteiger partial charge in [0.05, 0.1) is 17.4 Å². The van der Waals surface area contributed by atoms with E-state index in [1.54, 1.807) is 0 Å². The van der Waals surface area contributed by atoms with Crippen LogP contribution in [0, 0.1) is 0 Å². The van der Waals surface area contributed by atoms with Crippen LogP contribution in [0.15, 0.2) is 35.5 Å². The first-order valence-electron chi connectivity index (χ1n) is 8.19. The Labute approximate surface area is 147 Å². The highest BCUT2D eigenvalue weighted by molar-refractivity contribution is 7.91. The van der Waals surface area contributed by atoms with Crippen LogP contribution >= 0.6 is 0 Å². The Morgan fingerprint density at radius 2 is 1.85 bits per heavy atom. The molecule has 1 aliphatic heterocycles. The van der Waals surface area contributed by atoms with E-state index in [-0.39, 0.29) is 25.1 Å². The maximum atomic E-state index is 14.3. The average molecular weight is 387 g/mol. The lowest BCUT2D eigenvalue weighted by Crippen LogP contribution is -2.42. The number of sulfone groups is 1. The second-order valence-corrected chi connectivity index (χ2v) is 8.61. The largest absolute Gasteiger partial charge is 0.345 e. The molecule has 2 aliphatic rings. The fraction of sp³-hybridized carbons (Fsp3) is 0.500. The number of rotatable bonds is 5. The molecular formula is C16H16F3N3O3S. The van der Waals surface area contributed by atoms with E-state index in [1.807, 2.05) is 30.3 Å². The highest BCUT2D eigenvalue weighted by Crippen LogP contribution is 2.41. The molecule has 1 aromatic carbocycles. The number of halogens is 3. The third kappa shape index (κ3) is 2.90. The molecule has 0 saturated heterocycles. The lowest BCUT2D eigenvalue weighted by Gasteiger charge is -2.33. The summed E-state index contributed by atoms with van der Waals surface area (Å²) in [7, 11) is -3.91. The highest BCUT2D eigenvalue weighted by atomic mass is 32.2. The topological polar surface area (TPSA) is 74.1 Å². The molecule has 10 heteroatoms. The van der Waals surface area contributed by atoms with Crippen LogP contribution in [-0.4, -0.2) is 41.1 Å². The Balaban J connectivity index is 1.58. The number of hydrogen-bond donors (Lipinski definition) is 0. The maximum absolute atomic E-state index is 14.3. The molecule has 2 heterocycles. The van der Waals surface area contributed by atoms with Crippen LogP contribution in [0.1, 0.15) is 42.9 Å². The van der Waals surface area contributed by atoms with Crippen molar-refractivity contribution in [1.82, 2.24) is 14.8 Å². The summed E-state index contributed by atoms with van der Waals surface area (Å²) in [6.07, 6.45) is -2.15. The Morgan fingerprint density at radius 1 is 1.15 bits per heavy atom. The summed E-state index contributed by atoms with van der Waals surface area (Å²) in [5.41, 5.74) is 0.816. The summed E-state index contributed by atoms with van der Waals surface area (Å²) in [6.45, 7) is -2.93. The lowest BCUT2D eigenvalue weighted by atomic mass is 9.95. The molecule has 26 heavy (non-hydrogen) atoms. The fourth-order valence-corrected chi connectivity index (χ4v) is 5.07. The lowest BCUT2D eigenvalue weighted by molar-refractivity contribution is -0.179. The SMILES string of the molecule is O=S(=O)(c1nc2n(n1)[C@H](c1ccccc1)C[C@@H]2F)[C@H]1C[C@H](OC(F)F)C1. The van der Waals surface area contributed by atoms with Crippen LogP contribution in [0.3, 0.4) is 0 Å². The molecule has 1 aromatic heterocycles. The van der Waals surface area contributed by atoms with Crippen molar-refractivity contribution in [3.8, 4) is 0 Å². The predicted octanol–water partition coefficient (Wildman–Crippen LogP) is 2.83. The van der Waals surface area contributed by atoms with Crippen LogP contribution in [0.25, 0.3) is 0 Å². The monoisotopic (exact) mass is 387 g/mol. The van der Waals surface area contributed by atoms with Crippen molar-refractivity contribution in [2.45, 2.75) is 54.6 Å². The third-order valence-corrected chi connectivity index (χ3v) is 6.81. The van der Waals surface area contributed by atoms with Gasteiger partial charge in [0.25, 0.3) is 5.16 Å². The van der Waals surface area contributed by atoms with Crippen LogP contribution in [0.4, 0.5) is 13.2 Å². The first-order chi connectivity index (χ1) is 12.4. The maximum Gasteiger partial charge on any atom is 0.345 e. The van der Waals surface area contributed by atoms with Gasteiger partial charge in [0.15, 0.2) is 12.0 Å². The quantitative estimate of drug-likeness (QED) is 0.789. The Hall–Kier alpha value is -1.94. The van der Waals surface area contributed by atoms with Crippen molar-refractivity contribution in [2.24, 2.45) is 0 Å². The fourth-order valence-electron chi connectivity index (χ4n) is 3.41. The molecular weight excluding hydrogens is 371 g/mol. The van der Waals surface area contributed by atoms with Gasteiger partial charge in [-0.1, -0.05) is 30.3 Å². The van der Waals surface area contributed by atoms with Crippen LogP contribution < -0.4 is 0 Å². The van der Waals surface area contributed by atoms with Crippen molar-refractivity contribution in [2.75, 3.05) is 0 Å². The van der Waals surface area contributed by atoms with E-state index in [2.05, 4.69) is 14.8 Å². The molecule has 2 aromatic rings. The highest BCUT2D eigenvalue weighted by Gasteiger charge is 2.45. The van der Waals surface area contributed by atoms with Gasteiger partial charge in [-0.3, -0.25) is 0 Å². The molecule has 6 nitrogen and oxygen atoms in total. The smallest absolute Gasteiger partial charge is 0.320 e. The van der Waals surface area contributed by atoms with Gasteiger partial charge < -0.3 is 4.74 Å². The van der Waals surface area contributed by atoms with Crippen LogP contribution in [-0.2, 0) is 14.6 Å². The van der Waals surface area contributed by atoms with Gasteiger partial charge in [0, 0.05) is 6.42 Å².